The van der Waals surface area contributed by atoms with E-state index in [2.05, 4.69) is 19.9 Å². The predicted molar refractivity (Wildman–Crippen MR) is 98.9 cm³/mol. The third-order valence-corrected chi connectivity index (χ3v) is 5.41. The van der Waals surface area contributed by atoms with Gasteiger partial charge in [-0.1, -0.05) is 6.07 Å². The number of ether oxygens (including phenoxy) is 2. The molecule has 4 heterocycles. The fraction of sp³-hybridized carbons (Fsp3) is 0.550. The number of nitrogens with zero attached hydrogens (tertiary/aromatic N) is 4. The van der Waals surface area contributed by atoms with Crippen LogP contribution in [0.15, 0.2) is 36.7 Å². The molecule has 2 aliphatic heterocycles. The highest BCUT2D eigenvalue weighted by Gasteiger charge is 2.46. The number of hydrogen-bond acceptors (Lipinski definition) is 6. The van der Waals surface area contributed by atoms with E-state index in [9.17, 15) is 0 Å². The SMILES string of the molecule is Cc1cccc(COC[C@@]23CCCO[C@H]2CCN(c2ncccn2)C3)n1. The van der Waals surface area contributed by atoms with E-state index in [1.54, 1.807) is 12.4 Å². The fourth-order valence-corrected chi connectivity index (χ4v) is 4.16. The van der Waals surface area contributed by atoms with Crippen LogP contribution < -0.4 is 4.90 Å². The van der Waals surface area contributed by atoms with Crippen molar-refractivity contribution < 1.29 is 9.47 Å². The number of anilines is 1. The molecule has 0 amide bonds. The lowest BCUT2D eigenvalue weighted by Crippen LogP contribution is -2.57. The zero-order valence-electron chi connectivity index (χ0n) is 15.3. The maximum atomic E-state index is 6.15. The third-order valence-electron chi connectivity index (χ3n) is 5.41. The maximum Gasteiger partial charge on any atom is 0.225 e. The average molecular weight is 354 g/mol. The van der Waals surface area contributed by atoms with Crippen molar-refractivity contribution in [2.75, 3.05) is 31.2 Å². The molecular weight excluding hydrogens is 328 g/mol. The second-order valence-corrected chi connectivity index (χ2v) is 7.35. The Balaban J connectivity index is 1.46. The summed E-state index contributed by atoms with van der Waals surface area (Å²) in [4.78, 5) is 15.7. The zero-order valence-corrected chi connectivity index (χ0v) is 15.3. The van der Waals surface area contributed by atoms with Gasteiger partial charge in [-0.3, -0.25) is 4.98 Å². The summed E-state index contributed by atoms with van der Waals surface area (Å²) in [7, 11) is 0. The Morgan fingerprint density at radius 2 is 2.15 bits per heavy atom. The smallest absolute Gasteiger partial charge is 0.225 e. The maximum absolute atomic E-state index is 6.15. The summed E-state index contributed by atoms with van der Waals surface area (Å²) < 4.78 is 12.3. The lowest BCUT2D eigenvalue weighted by Gasteiger charge is -2.50. The van der Waals surface area contributed by atoms with Gasteiger partial charge in [0.1, 0.15) is 0 Å². The molecule has 0 unspecified atom stereocenters. The number of hydrogen-bond donors (Lipinski definition) is 0. The summed E-state index contributed by atoms with van der Waals surface area (Å²) in [5, 5.41) is 0. The van der Waals surface area contributed by atoms with Crippen LogP contribution in [-0.2, 0) is 16.1 Å². The van der Waals surface area contributed by atoms with Crippen LogP contribution in [0.3, 0.4) is 0 Å². The van der Waals surface area contributed by atoms with Crippen molar-refractivity contribution in [1.82, 2.24) is 15.0 Å². The van der Waals surface area contributed by atoms with Crippen LogP contribution in [0.5, 0.6) is 0 Å². The molecule has 26 heavy (non-hydrogen) atoms. The van der Waals surface area contributed by atoms with E-state index in [0.29, 0.717) is 13.2 Å². The summed E-state index contributed by atoms with van der Waals surface area (Å²) in [5.74, 6) is 0.802. The van der Waals surface area contributed by atoms with Crippen LogP contribution in [-0.4, -0.2) is 47.4 Å². The number of aryl methyl sites for hydroxylation is 1. The number of aromatic nitrogens is 3. The molecule has 138 valence electrons. The van der Waals surface area contributed by atoms with Gasteiger partial charge in [-0.2, -0.15) is 0 Å². The number of piperidine rings is 1. The largest absolute Gasteiger partial charge is 0.377 e. The Morgan fingerprint density at radius 3 is 3.00 bits per heavy atom. The van der Waals surface area contributed by atoms with Crippen LogP contribution >= 0.6 is 0 Å². The Morgan fingerprint density at radius 1 is 1.27 bits per heavy atom. The second kappa shape index (κ2) is 7.68. The normalized spacial score (nSPS) is 25.7. The van der Waals surface area contributed by atoms with Gasteiger partial charge < -0.3 is 14.4 Å². The molecule has 0 N–H and O–H groups in total. The van der Waals surface area contributed by atoms with Crippen LogP contribution in [0, 0.1) is 12.3 Å². The Hall–Kier alpha value is -2.05. The summed E-state index contributed by atoms with van der Waals surface area (Å²) >= 11 is 0. The first-order chi connectivity index (χ1) is 12.8. The minimum atomic E-state index is -0.000470. The summed E-state index contributed by atoms with van der Waals surface area (Å²) in [6.07, 6.45) is 7.04. The molecular formula is C20H26N4O2. The van der Waals surface area contributed by atoms with Gasteiger partial charge in [0.15, 0.2) is 0 Å². The highest BCUT2D eigenvalue weighted by molar-refractivity contribution is 5.31. The van der Waals surface area contributed by atoms with Crippen LogP contribution in [0.4, 0.5) is 5.95 Å². The molecule has 0 radical (unpaired) electrons. The van der Waals surface area contributed by atoms with E-state index in [4.69, 9.17) is 9.47 Å². The van der Waals surface area contributed by atoms with Gasteiger partial charge in [0.2, 0.25) is 5.95 Å². The van der Waals surface area contributed by atoms with E-state index in [0.717, 1.165) is 56.3 Å². The van der Waals surface area contributed by atoms with Crippen molar-refractivity contribution in [3.05, 3.63) is 48.0 Å². The van der Waals surface area contributed by atoms with Gasteiger partial charge in [-0.25, -0.2) is 9.97 Å². The van der Waals surface area contributed by atoms with Crippen molar-refractivity contribution in [3.8, 4) is 0 Å². The molecule has 0 spiro atoms. The van der Waals surface area contributed by atoms with Crippen LogP contribution in [0.25, 0.3) is 0 Å². The number of fused-ring (bicyclic) bond motifs is 1. The van der Waals surface area contributed by atoms with E-state index in [1.807, 2.05) is 31.2 Å². The Bertz CT molecular complexity index is 727. The lowest BCUT2D eigenvalue weighted by atomic mass is 9.73. The van der Waals surface area contributed by atoms with Crippen molar-refractivity contribution in [2.45, 2.75) is 38.9 Å². The molecule has 2 atom stereocenters. The van der Waals surface area contributed by atoms with Gasteiger partial charge in [-0.05, 0) is 44.4 Å². The monoisotopic (exact) mass is 354 g/mol. The van der Waals surface area contributed by atoms with Crippen LogP contribution in [0.1, 0.15) is 30.7 Å². The molecule has 0 aromatic carbocycles. The number of pyridine rings is 1. The van der Waals surface area contributed by atoms with Gasteiger partial charge in [0.25, 0.3) is 0 Å². The quantitative estimate of drug-likeness (QED) is 0.823. The highest BCUT2D eigenvalue weighted by atomic mass is 16.5. The van der Waals surface area contributed by atoms with Gasteiger partial charge in [-0.15, -0.1) is 0 Å². The molecule has 0 bridgehead atoms. The molecule has 4 rings (SSSR count). The molecule has 2 saturated heterocycles. The first-order valence-corrected chi connectivity index (χ1v) is 9.39. The van der Waals surface area contributed by atoms with Gasteiger partial charge in [0.05, 0.1) is 25.0 Å². The van der Waals surface area contributed by atoms with Crippen molar-refractivity contribution in [2.24, 2.45) is 5.41 Å². The molecule has 2 fully saturated rings. The van der Waals surface area contributed by atoms with E-state index in [-0.39, 0.29) is 11.5 Å². The van der Waals surface area contributed by atoms with E-state index in [1.165, 1.54) is 0 Å². The number of rotatable bonds is 5. The first kappa shape index (κ1) is 17.4. The molecule has 0 aliphatic carbocycles. The van der Waals surface area contributed by atoms with Crippen LogP contribution in [0.2, 0.25) is 0 Å². The lowest BCUT2D eigenvalue weighted by molar-refractivity contribution is -0.128. The Labute approximate surface area is 154 Å². The zero-order chi connectivity index (χ0) is 17.8. The predicted octanol–water partition coefficient (Wildman–Crippen LogP) is 2.77. The van der Waals surface area contributed by atoms with Crippen molar-refractivity contribution >= 4 is 5.95 Å². The standard InChI is InChI=1S/C20H26N4O2/c1-16-5-2-6-17(23-16)13-25-15-20-8-3-12-26-18(20)7-11-24(14-20)19-21-9-4-10-22-19/h2,4-6,9-10,18H,3,7-8,11-15H2,1H3/t18-,20-/m0/s1. The highest BCUT2D eigenvalue weighted by Crippen LogP contribution is 2.41. The molecule has 6 heteroatoms. The molecule has 6 nitrogen and oxygen atoms in total. The molecule has 2 aromatic heterocycles. The van der Waals surface area contributed by atoms with Crippen molar-refractivity contribution in [3.63, 3.8) is 0 Å². The summed E-state index contributed by atoms with van der Waals surface area (Å²) in [5.41, 5.74) is 2.00. The van der Waals surface area contributed by atoms with Crippen molar-refractivity contribution in [1.29, 1.82) is 0 Å². The minimum Gasteiger partial charge on any atom is -0.377 e. The first-order valence-electron chi connectivity index (χ1n) is 9.39. The summed E-state index contributed by atoms with van der Waals surface area (Å²) in [6.45, 7) is 5.88. The molecule has 2 aromatic rings. The second-order valence-electron chi connectivity index (χ2n) is 7.35. The third kappa shape index (κ3) is 3.71. The fourth-order valence-electron chi connectivity index (χ4n) is 4.16. The topological polar surface area (TPSA) is 60.4 Å². The molecule has 2 aliphatic rings. The van der Waals surface area contributed by atoms with E-state index < -0.39 is 0 Å². The summed E-state index contributed by atoms with van der Waals surface area (Å²) in [6, 6.07) is 7.91. The minimum absolute atomic E-state index is 0.000470. The van der Waals surface area contributed by atoms with Gasteiger partial charge >= 0.3 is 0 Å². The van der Waals surface area contributed by atoms with Gasteiger partial charge in [0, 0.05) is 43.2 Å². The molecule has 0 saturated carbocycles. The van der Waals surface area contributed by atoms with E-state index >= 15 is 0 Å². The Kier molecular flexibility index (Phi) is 5.13. The average Bonchev–Trinajstić information content (AvgIpc) is 2.68.